The Labute approximate surface area is 70.5 Å². The lowest BCUT2D eigenvalue weighted by molar-refractivity contribution is 0.577. The van der Waals surface area contributed by atoms with Crippen LogP contribution < -0.4 is 10.2 Å². The summed E-state index contributed by atoms with van der Waals surface area (Å²) in [6.07, 6.45) is 0. The molecule has 2 heterocycles. The molecule has 1 aromatic rings. The van der Waals surface area contributed by atoms with Gasteiger partial charge in [0, 0.05) is 26.2 Å². The van der Waals surface area contributed by atoms with E-state index in [9.17, 15) is 0 Å². The molecule has 0 saturated carbocycles. The first-order valence-corrected chi connectivity index (χ1v) is 4.06. The van der Waals surface area contributed by atoms with E-state index in [2.05, 4.69) is 25.6 Å². The predicted molar refractivity (Wildman–Crippen MR) is 43.9 cm³/mol. The van der Waals surface area contributed by atoms with Gasteiger partial charge in [-0.2, -0.15) is 4.80 Å². The molecule has 1 saturated heterocycles. The second kappa shape index (κ2) is 3.06. The number of anilines is 1. The van der Waals surface area contributed by atoms with Gasteiger partial charge in [0.05, 0.1) is 7.05 Å². The third-order valence-corrected chi connectivity index (χ3v) is 1.90. The van der Waals surface area contributed by atoms with Gasteiger partial charge in [-0.25, -0.2) is 0 Å². The molecule has 6 heteroatoms. The molecule has 66 valence electrons. The van der Waals surface area contributed by atoms with Crippen molar-refractivity contribution in [3.8, 4) is 0 Å². The highest BCUT2D eigenvalue weighted by atomic mass is 15.6. The Balaban J connectivity index is 2.08. The quantitative estimate of drug-likeness (QED) is 0.560. The van der Waals surface area contributed by atoms with Crippen molar-refractivity contribution < 1.29 is 0 Å². The van der Waals surface area contributed by atoms with E-state index in [1.165, 1.54) is 4.80 Å². The van der Waals surface area contributed by atoms with E-state index >= 15 is 0 Å². The van der Waals surface area contributed by atoms with E-state index in [4.69, 9.17) is 0 Å². The van der Waals surface area contributed by atoms with Gasteiger partial charge in [0.25, 0.3) is 5.95 Å². The maximum absolute atomic E-state index is 4.13. The van der Waals surface area contributed by atoms with Crippen LogP contribution in [0, 0.1) is 0 Å². The summed E-state index contributed by atoms with van der Waals surface area (Å²) in [5.41, 5.74) is 0. The summed E-state index contributed by atoms with van der Waals surface area (Å²) in [5, 5.41) is 15.1. The van der Waals surface area contributed by atoms with E-state index < -0.39 is 0 Å². The van der Waals surface area contributed by atoms with Gasteiger partial charge in [-0.3, -0.25) is 0 Å². The number of aryl methyl sites for hydroxylation is 1. The van der Waals surface area contributed by atoms with Crippen LogP contribution in [0.15, 0.2) is 0 Å². The van der Waals surface area contributed by atoms with E-state index in [-0.39, 0.29) is 0 Å². The minimum Gasteiger partial charge on any atom is -0.336 e. The third-order valence-electron chi connectivity index (χ3n) is 1.90. The van der Waals surface area contributed by atoms with Gasteiger partial charge >= 0.3 is 0 Å². The predicted octanol–water partition coefficient (Wildman–Crippen LogP) is -1.38. The Morgan fingerprint density at radius 3 is 2.67 bits per heavy atom. The minimum atomic E-state index is 0.735. The molecule has 1 fully saturated rings. The zero-order chi connectivity index (χ0) is 8.39. The largest absolute Gasteiger partial charge is 0.336 e. The Morgan fingerprint density at radius 1 is 1.33 bits per heavy atom. The van der Waals surface area contributed by atoms with E-state index in [0.29, 0.717) is 0 Å². The van der Waals surface area contributed by atoms with Crippen molar-refractivity contribution in [1.82, 2.24) is 25.5 Å². The summed E-state index contributed by atoms with van der Waals surface area (Å²) in [6, 6.07) is 0. The van der Waals surface area contributed by atoms with Crippen LogP contribution in [-0.2, 0) is 7.05 Å². The summed E-state index contributed by atoms with van der Waals surface area (Å²) < 4.78 is 0. The number of nitrogens with zero attached hydrogens (tertiary/aromatic N) is 5. The summed E-state index contributed by atoms with van der Waals surface area (Å²) in [5.74, 6) is 0.735. The first kappa shape index (κ1) is 7.48. The molecule has 12 heavy (non-hydrogen) atoms. The first-order chi connectivity index (χ1) is 5.86. The van der Waals surface area contributed by atoms with Crippen molar-refractivity contribution in [3.63, 3.8) is 0 Å². The van der Waals surface area contributed by atoms with Crippen LogP contribution in [0.4, 0.5) is 5.95 Å². The van der Waals surface area contributed by atoms with Crippen LogP contribution >= 0.6 is 0 Å². The molecule has 0 spiro atoms. The molecule has 0 atom stereocenters. The van der Waals surface area contributed by atoms with Crippen LogP contribution in [-0.4, -0.2) is 46.4 Å². The standard InChI is InChI=1S/C6H12N6/c1-11-9-6(8-10-11)12-4-2-7-3-5-12/h7H,2-5H2,1H3. The number of rotatable bonds is 1. The van der Waals surface area contributed by atoms with Crippen molar-refractivity contribution in [1.29, 1.82) is 0 Å². The molecule has 2 rings (SSSR count). The van der Waals surface area contributed by atoms with Crippen molar-refractivity contribution in [2.45, 2.75) is 0 Å². The molecular weight excluding hydrogens is 156 g/mol. The summed E-state index contributed by atoms with van der Waals surface area (Å²) >= 11 is 0. The molecule has 0 radical (unpaired) electrons. The highest BCUT2D eigenvalue weighted by molar-refractivity contribution is 5.26. The first-order valence-electron chi connectivity index (χ1n) is 4.06. The van der Waals surface area contributed by atoms with Crippen LogP contribution in [0.5, 0.6) is 0 Å². The maximum atomic E-state index is 4.13. The zero-order valence-electron chi connectivity index (χ0n) is 7.06. The topological polar surface area (TPSA) is 58.9 Å². The van der Waals surface area contributed by atoms with E-state index in [1.807, 2.05) is 0 Å². The van der Waals surface area contributed by atoms with Crippen LogP contribution in [0.3, 0.4) is 0 Å². The molecule has 0 unspecified atom stereocenters. The fraction of sp³-hybridized carbons (Fsp3) is 0.833. The third kappa shape index (κ3) is 1.38. The van der Waals surface area contributed by atoms with E-state index in [1.54, 1.807) is 7.05 Å². The van der Waals surface area contributed by atoms with Gasteiger partial charge in [0.1, 0.15) is 0 Å². The Hall–Kier alpha value is -1.17. The van der Waals surface area contributed by atoms with E-state index in [0.717, 1.165) is 32.1 Å². The average molecular weight is 168 g/mol. The highest BCUT2D eigenvalue weighted by Crippen LogP contribution is 2.03. The summed E-state index contributed by atoms with van der Waals surface area (Å²) in [4.78, 5) is 3.61. The second-order valence-corrected chi connectivity index (χ2v) is 2.82. The zero-order valence-corrected chi connectivity index (χ0v) is 7.06. The van der Waals surface area contributed by atoms with Crippen LogP contribution in [0.1, 0.15) is 0 Å². The number of tetrazole rings is 1. The molecule has 1 aromatic heterocycles. The molecule has 1 aliphatic heterocycles. The van der Waals surface area contributed by atoms with Gasteiger partial charge in [-0.05, 0) is 5.21 Å². The maximum Gasteiger partial charge on any atom is 0.266 e. The second-order valence-electron chi connectivity index (χ2n) is 2.82. The molecule has 0 amide bonds. The number of hydrogen-bond acceptors (Lipinski definition) is 5. The lowest BCUT2D eigenvalue weighted by Crippen LogP contribution is -2.44. The molecular formula is C6H12N6. The molecule has 1 aliphatic rings. The normalized spacial score (nSPS) is 18.2. The minimum absolute atomic E-state index is 0.735. The smallest absolute Gasteiger partial charge is 0.266 e. The van der Waals surface area contributed by atoms with Gasteiger partial charge in [0.2, 0.25) is 0 Å². The van der Waals surface area contributed by atoms with Crippen molar-refractivity contribution >= 4 is 5.95 Å². The molecule has 0 aliphatic carbocycles. The molecule has 6 nitrogen and oxygen atoms in total. The SMILES string of the molecule is Cn1nnc(N2CCNCC2)n1. The Morgan fingerprint density at radius 2 is 2.08 bits per heavy atom. The fourth-order valence-electron chi connectivity index (χ4n) is 1.27. The van der Waals surface area contributed by atoms with Gasteiger partial charge < -0.3 is 10.2 Å². The van der Waals surface area contributed by atoms with Gasteiger partial charge in [0.15, 0.2) is 0 Å². The number of hydrogen-bond donors (Lipinski definition) is 1. The number of piperazine rings is 1. The van der Waals surface area contributed by atoms with Crippen molar-refractivity contribution in [2.24, 2.45) is 7.05 Å². The summed E-state index contributed by atoms with van der Waals surface area (Å²) in [7, 11) is 1.78. The highest BCUT2D eigenvalue weighted by Gasteiger charge is 2.13. The van der Waals surface area contributed by atoms with Crippen LogP contribution in [0.25, 0.3) is 0 Å². The Kier molecular flexibility index (Phi) is 1.91. The number of aromatic nitrogens is 4. The summed E-state index contributed by atoms with van der Waals surface area (Å²) in [6.45, 7) is 3.92. The molecule has 1 N–H and O–H groups in total. The van der Waals surface area contributed by atoms with Crippen molar-refractivity contribution in [2.75, 3.05) is 31.1 Å². The lowest BCUT2D eigenvalue weighted by Gasteiger charge is -2.25. The van der Waals surface area contributed by atoms with Gasteiger partial charge in [-0.1, -0.05) is 5.10 Å². The number of nitrogens with one attached hydrogen (secondary N) is 1. The van der Waals surface area contributed by atoms with Crippen LogP contribution in [0.2, 0.25) is 0 Å². The lowest BCUT2D eigenvalue weighted by atomic mass is 10.4. The fourth-order valence-corrected chi connectivity index (χ4v) is 1.27. The average Bonchev–Trinajstić information content (AvgIpc) is 2.54. The van der Waals surface area contributed by atoms with Crippen molar-refractivity contribution in [3.05, 3.63) is 0 Å². The van der Waals surface area contributed by atoms with Gasteiger partial charge in [-0.15, -0.1) is 5.10 Å². The molecule has 0 bridgehead atoms. The molecule has 0 aromatic carbocycles. The monoisotopic (exact) mass is 168 g/mol. The Bertz CT molecular complexity index is 250.